The molecule has 1 aromatic carbocycles. The summed E-state index contributed by atoms with van der Waals surface area (Å²) in [4.78, 5) is 26.5. The molecule has 1 aliphatic heterocycles. The van der Waals surface area contributed by atoms with Crippen LogP contribution in [0, 0.1) is 0 Å². The van der Waals surface area contributed by atoms with E-state index < -0.39 is 12.0 Å². The molecule has 0 saturated carbocycles. The molecule has 8 heteroatoms. The van der Waals surface area contributed by atoms with Crippen LogP contribution in [0.2, 0.25) is 0 Å². The minimum absolute atomic E-state index is 0.278. The first kappa shape index (κ1) is 22.5. The number of urea groups is 1. The van der Waals surface area contributed by atoms with Crippen molar-refractivity contribution in [1.29, 1.82) is 0 Å². The summed E-state index contributed by atoms with van der Waals surface area (Å²) in [7, 11) is 1.61. The fourth-order valence-electron chi connectivity index (χ4n) is 3.25. The Labute approximate surface area is 172 Å². The van der Waals surface area contributed by atoms with E-state index >= 15 is 0 Å². The number of amides is 2. The number of hydrogen-bond acceptors (Lipinski definition) is 6. The quantitative estimate of drug-likeness (QED) is 0.581. The maximum Gasteiger partial charge on any atom is 0.337 e. The highest BCUT2D eigenvalue weighted by Gasteiger charge is 2.30. The minimum Gasteiger partial charge on any atom is -0.493 e. The second-order valence-electron chi connectivity index (χ2n) is 6.65. The smallest absolute Gasteiger partial charge is 0.337 e. The molecule has 8 nitrogen and oxygen atoms in total. The summed E-state index contributed by atoms with van der Waals surface area (Å²) in [5.74, 6) is 0.963. The van der Waals surface area contributed by atoms with Crippen molar-refractivity contribution in [3.8, 4) is 11.5 Å². The van der Waals surface area contributed by atoms with Crippen molar-refractivity contribution in [3.63, 3.8) is 0 Å². The SMILES string of the molecule is CCOC(=O)C1=C(CN(CC)Cc2ccc(OCC)c(OC)c2)NC(=O)NC1C. The highest BCUT2D eigenvalue weighted by atomic mass is 16.5. The first-order chi connectivity index (χ1) is 13.9. The third-order valence-electron chi connectivity index (χ3n) is 4.63. The van der Waals surface area contributed by atoms with Gasteiger partial charge in [0.25, 0.3) is 0 Å². The third-order valence-corrected chi connectivity index (χ3v) is 4.63. The maximum atomic E-state index is 12.4. The third kappa shape index (κ3) is 5.87. The van der Waals surface area contributed by atoms with Gasteiger partial charge in [-0.25, -0.2) is 9.59 Å². The molecule has 2 amide bonds. The van der Waals surface area contributed by atoms with E-state index in [2.05, 4.69) is 15.5 Å². The summed E-state index contributed by atoms with van der Waals surface area (Å²) in [6, 6.07) is 5.09. The zero-order chi connectivity index (χ0) is 21.4. The van der Waals surface area contributed by atoms with Crippen LogP contribution in [0.5, 0.6) is 11.5 Å². The Hall–Kier alpha value is -2.74. The van der Waals surface area contributed by atoms with E-state index in [1.165, 1.54) is 0 Å². The van der Waals surface area contributed by atoms with E-state index in [1.807, 2.05) is 32.0 Å². The fourth-order valence-corrected chi connectivity index (χ4v) is 3.25. The van der Waals surface area contributed by atoms with Crippen LogP contribution in [0.15, 0.2) is 29.5 Å². The van der Waals surface area contributed by atoms with Crippen LogP contribution in [0.1, 0.15) is 33.3 Å². The van der Waals surface area contributed by atoms with Gasteiger partial charge in [0.2, 0.25) is 0 Å². The van der Waals surface area contributed by atoms with E-state index in [4.69, 9.17) is 14.2 Å². The average molecular weight is 405 g/mol. The van der Waals surface area contributed by atoms with Gasteiger partial charge in [-0.2, -0.15) is 0 Å². The van der Waals surface area contributed by atoms with Gasteiger partial charge < -0.3 is 24.8 Å². The van der Waals surface area contributed by atoms with E-state index in [0.29, 0.717) is 42.5 Å². The molecule has 0 bridgehead atoms. The molecule has 29 heavy (non-hydrogen) atoms. The number of carbonyl (C=O) groups is 2. The Morgan fingerprint density at radius 2 is 1.90 bits per heavy atom. The number of nitrogens with one attached hydrogen (secondary N) is 2. The Bertz CT molecular complexity index is 763. The Kier molecular flexibility index (Phi) is 8.33. The van der Waals surface area contributed by atoms with Crippen molar-refractivity contribution < 1.29 is 23.8 Å². The molecule has 1 heterocycles. The number of likely N-dealkylation sites (N-methyl/N-ethyl adjacent to an activating group) is 1. The first-order valence-corrected chi connectivity index (χ1v) is 9.93. The second-order valence-corrected chi connectivity index (χ2v) is 6.65. The molecule has 1 aliphatic rings. The number of methoxy groups -OCH3 is 1. The number of esters is 1. The van der Waals surface area contributed by atoms with Crippen LogP contribution in [-0.4, -0.2) is 56.4 Å². The molecule has 2 rings (SSSR count). The number of rotatable bonds is 10. The molecule has 1 aromatic rings. The van der Waals surface area contributed by atoms with Crippen LogP contribution in [0.3, 0.4) is 0 Å². The van der Waals surface area contributed by atoms with Gasteiger partial charge in [0.1, 0.15) is 0 Å². The van der Waals surface area contributed by atoms with Crippen molar-refractivity contribution in [2.75, 3.05) is 33.4 Å². The topological polar surface area (TPSA) is 89.1 Å². The van der Waals surface area contributed by atoms with Crippen molar-refractivity contribution >= 4 is 12.0 Å². The molecular formula is C21H31N3O5. The Morgan fingerprint density at radius 1 is 1.14 bits per heavy atom. The normalized spacial score (nSPS) is 16.3. The van der Waals surface area contributed by atoms with Crippen LogP contribution in [0.25, 0.3) is 0 Å². The molecule has 0 aromatic heterocycles. The van der Waals surface area contributed by atoms with Crippen LogP contribution in [0.4, 0.5) is 4.79 Å². The van der Waals surface area contributed by atoms with E-state index in [9.17, 15) is 9.59 Å². The van der Waals surface area contributed by atoms with Crippen molar-refractivity contribution in [3.05, 3.63) is 35.0 Å². The number of ether oxygens (including phenoxy) is 3. The fraction of sp³-hybridized carbons (Fsp3) is 0.524. The summed E-state index contributed by atoms with van der Waals surface area (Å²) in [6.07, 6.45) is 0. The van der Waals surface area contributed by atoms with Gasteiger partial charge in [0, 0.05) is 18.8 Å². The Balaban J connectivity index is 2.23. The van der Waals surface area contributed by atoms with Crippen molar-refractivity contribution in [2.45, 2.75) is 40.3 Å². The molecule has 0 saturated heterocycles. The molecule has 2 N–H and O–H groups in total. The standard InChI is InChI=1S/C21H31N3O5/c1-6-24(12-15-9-10-17(28-7-2)18(11-15)27-5)13-16-19(20(25)29-8-3)14(4)22-21(26)23-16/h9-11,14H,6-8,12-13H2,1-5H3,(H2,22,23,26). The predicted octanol–water partition coefficient (Wildman–Crippen LogP) is 2.43. The van der Waals surface area contributed by atoms with Crippen molar-refractivity contribution in [2.24, 2.45) is 0 Å². The Morgan fingerprint density at radius 3 is 2.52 bits per heavy atom. The average Bonchev–Trinajstić information content (AvgIpc) is 2.68. The highest BCUT2D eigenvalue weighted by Crippen LogP contribution is 2.28. The minimum atomic E-state index is -0.415. The van der Waals surface area contributed by atoms with E-state index in [1.54, 1.807) is 21.0 Å². The molecule has 0 fully saturated rings. The lowest BCUT2D eigenvalue weighted by atomic mass is 10.0. The number of hydrogen-bond donors (Lipinski definition) is 2. The van der Waals surface area contributed by atoms with Gasteiger partial charge in [-0.05, 0) is 45.0 Å². The number of benzene rings is 1. The maximum absolute atomic E-state index is 12.4. The molecule has 160 valence electrons. The van der Waals surface area contributed by atoms with E-state index in [0.717, 1.165) is 12.1 Å². The van der Waals surface area contributed by atoms with Gasteiger partial charge in [-0.1, -0.05) is 13.0 Å². The summed E-state index contributed by atoms with van der Waals surface area (Å²) in [6.45, 7) is 10.1. The lowest BCUT2D eigenvalue weighted by Gasteiger charge is -2.30. The zero-order valence-electron chi connectivity index (χ0n) is 17.8. The lowest BCUT2D eigenvalue weighted by molar-refractivity contribution is -0.139. The number of carbonyl (C=O) groups excluding carboxylic acids is 2. The van der Waals surface area contributed by atoms with Gasteiger partial charge in [-0.3, -0.25) is 4.90 Å². The molecular weight excluding hydrogens is 374 g/mol. The molecule has 1 atom stereocenters. The number of nitrogens with zero attached hydrogens (tertiary/aromatic N) is 1. The molecule has 0 spiro atoms. The van der Waals surface area contributed by atoms with Gasteiger partial charge in [0.05, 0.1) is 31.9 Å². The van der Waals surface area contributed by atoms with Gasteiger partial charge in [-0.15, -0.1) is 0 Å². The van der Waals surface area contributed by atoms with Gasteiger partial charge >= 0.3 is 12.0 Å². The monoisotopic (exact) mass is 405 g/mol. The van der Waals surface area contributed by atoms with Crippen LogP contribution in [-0.2, 0) is 16.1 Å². The highest BCUT2D eigenvalue weighted by molar-refractivity contribution is 5.94. The van der Waals surface area contributed by atoms with E-state index in [-0.39, 0.29) is 12.6 Å². The van der Waals surface area contributed by atoms with Crippen molar-refractivity contribution in [1.82, 2.24) is 15.5 Å². The van der Waals surface area contributed by atoms with Gasteiger partial charge in [0.15, 0.2) is 11.5 Å². The van der Waals surface area contributed by atoms with Crippen LogP contribution < -0.4 is 20.1 Å². The van der Waals surface area contributed by atoms with Crippen LogP contribution >= 0.6 is 0 Å². The molecule has 0 radical (unpaired) electrons. The molecule has 1 unspecified atom stereocenters. The first-order valence-electron chi connectivity index (χ1n) is 9.93. The largest absolute Gasteiger partial charge is 0.493 e. The lowest BCUT2D eigenvalue weighted by Crippen LogP contribution is -2.51. The summed E-state index contributed by atoms with van der Waals surface area (Å²) in [5.41, 5.74) is 2.06. The summed E-state index contributed by atoms with van der Waals surface area (Å²) < 4.78 is 16.2. The predicted molar refractivity (Wildman–Crippen MR) is 110 cm³/mol. The summed E-state index contributed by atoms with van der Waals surface area (Å²) >= 11 is 0. The summed E-state index contributed by atoms with van der Waals surface area (Å²) in [5, 5.41) is 5.49. The molecule has 0 aliphatic carbocycles. The zero-order valence-corrected chi connectivity index (χ0v) is 17.8. The second kappa shape index (κ2) is 10.7.